The van der Waals surface area contributed by atoms with Gasteiger partial charge >= 0.3 is 6.18 Å². The summed E-state index contributed by atoms with van der Waals surface area (Å²) in [6.07, 6.45) is -2.57. The highest BCUT2D eigenvalue weighted by Gasteiger charge is 2.37. The first-order valence-electron chi connectivity index (χ1n) is 8.06. The first kappa shape index (κ1) is 17.5. The lowest BCUT2D eigenvalue weighted by atomic mass is 9.79. The average molecular weight is 349 g/mol. The molecule has 0 spiro atoms. The molecule has 6 heteroatoms. The number of fused-ring (bicyclic) bond motifs is 1. The van der Waals surface area contributed by atoms with E-state index in [0.29, 0.717) is 6.42 Å². The van der Waals surface area contributed by atoms with Gasteiger partial charge in [0.05, 0.1) is 17.7 Å². The molecule has 0 fully saturated rings. The second kappa shape index (κ2) is 6.52. The molecule has 0 saturated carbocycles. The summed E-state index contributed by atoms with van der Waals surface area (Å²) >= 11 is 0. The maximum Gasteiger partial charge on any atom is 0.417 e. The summed E-state index contributed by atoms with van der Waals surface area (Å²) in [6, 6.07) is 12.0. The van der Waals surface area contributed by atoms with Gasteiger partial charge in [-0.25, -0.2) is 0 Å². The summed E-state index contributed by atoms with van der Waals surface area (Å²) in [5.41, 5.74) is -0.962. The van der Waals surface area contributed by atoms with E-state index in [-0.39, 0.29) is 6.54 Å². The summed E-state index contributed by atoms with van der Waals surface area (Å²) in [5, 5.41) is 13.4. The van der Waals surface area contributed by atoms with Crippen LogP contribution in [0.4, 0.5) is 13.2 Å². The molecule has 0 saturated heterocycles. The SMILES string of the molecule is O=C(NCC1(O)CCCc2ccccc21)c1ccccc1C(F)(F)F. The average Bonchev–Trinajstić information content (AvgIpc) is 2.59. The monoisotopic (exact) mass is 349 g/mol. The zero-order chi connectivity index (χ0) is 18.1. The van der Waals surface area contributed by atoms with Crippen LogP contribution in [0.2, 0.25) is 0 Å². The van der Waals surface area contributed by atoms with Gasteiger partial charge in [-0.1, -0.05) is 36.4 Å². The van der Waals surface area contributed by atoms with Crippen molar-refractivity contribution in [2.75, 3.05) is 6.54 Å². The second-order valence-electron chi connectivity index (χ2n) is 6.27. The lowest BCUT2D eigenvalue weighted by molar-refractivity contribution is -0.137. The molecule has 0 aromatic heterocycles. The van der Waals surface area contributed by atoms with Crippen LogP contribution in [-0.2, 0) is 18.2 Å². The third kappa shape index (κ3) is 3.54. The molecule has 2 N–H and O–H groups in total. The third-order valence-electron chi connectivity index (χ3n) is 4.57. The first-order valence-corrected chi connectivity index (χ1v) is 8.06. The largest absolute Gasteiger partial charge is 0.417 e. The van der Waals surface area contributed by atoms with E-state index in [1.54, 1.807) is 12.1 Å². The molecule has 2 aromatic rings. The number of rotatable bonds is 3. The smallest absolute Gasteiger partial charge is 0.383 e. The van der Waals surface area contributed by atoms with Gasteiger partial charge in [0.1, 0.15) is 5.60 Å². The number of hydrogen-bond acceptors (Lipinski definition) is 2. The molecular formula is C19H18F3NO2. The van der Waals surface area contributed by atoms with E-state index in [9.17, 15) is 23.1 Å². The predicted molar refractivity (Wildman–Crippen MR) is 87.1 cm³/mol. The highest BCUT2D eigenvalue weighted by molar-refractivity contribution is 5.95. The van der Waals surface area contributed by atoms with Crippen LogP contribution >= 0.6 is 0 Å². The van der Waals surface area contributed by atoms with E-state index in [1.165, 1.54) is 12.1 Å². The van der Waals surface area contributed by atoms with Crippen LogP contribution < -0.4 is 5.32 Å². The Morgan fingerprint density at radius 3 is 2.56 bits per heavy atom. The molecule has 0 radical (unpaired) electrons. The summed E-state index contributed by atoms with van der Waals surface area (Å²) in [5.74, 6) is -0.843. The number of benzene rings is 2. The lowest BCUT2D eigenvalue weighted by Gasteiger charge is -2.34. The Balaban J connectivity index is 1.80. The Morgan fingerprint density at radius 1 is 1.12 bits per heavy atom. The summed E-state index contributed by atoms with van der Waals surface area (Å²) in [4.78, 5) is 12.3. The summed E-state index contributed by atoms with van der Waals surface area (Å²) in [7, 11) is 0. The number of aryl methyl sites for hydroxylation is 1. The zero-order valence-electron chi connectivity index (χ0n) is 13.4. The zero-order valence-corrected chi connectivity index (χ0v) is 13.4. The maximum absolute atomic E-state index is 13.0. The Bertz CT molecular complexity index is 788. The van der Waals surface area contributed by atoms with E-state index in [0.717, 1.165) is 36.1 Å². The Morgan fingerprint density at radius 2 is 1.80 bits per heavy atom. The Kier molecular flexibility index (Phi) is 4.56. The molecule has 1 unspecified atom stereocenters. The van der Waals surface area contributed by atoms with Crippen LogP contribution in [-0.4, -0.2) is 17.6 Å². The minimum absolute atomic E-state index is 0.130. The van der Waals surface area contributed by atoms with Gasteiger partial charge in [0.15, 0.2) is 0 Å². The lowest BCUT2D eigenvalue weighted by Crippen LogP contribution is -2.43. The number of alkyl halides is 3. The minimum Gasteiger partial charge on any atom is -0.383 e. The van der Waals surface area contributed by atoms with Crippen LogP contribution in [0.15, 0.2) is 48.5 Å². The van der Waals surface area contributed by atoms with Crippen LogP contribution in [0.5, 0.6) is 0 Å². The first-order chi connectivity index (χ1) is 11.8. The number of carbonyl (C=O) groups excluding carboxylic acids is 1. The second-order valence-corrected chi connectivity index (χ2v) is 6.27. The highest BCUT2D eigenvalue weighted by atomic mass is 19.4. The van der Waals surface area contributed by atoms with Crippen molar-refractivity contribution in [2.24, 2.45) is 0 Å². The number of carbonyl (C=O) groups is 1. The Labute approximate surface area is 143 Å². The van der Waals surface area contributed by atoms with E-state index < -0.39 is 28.8 Å². The van der Waals surface area contributed by atoms with Crippen LogP contribution in [0.3, 0.4) is 0 Å². The van der Waals surface area contributed by atoms with Gasteiger partial charge in [-0.15, -0.1) is 0 Å². The molecule has 25 heavy (non-hydrogen) atoms. The fourth-order valence-corrected chi connectivity index (χ4v) is 3.33. The number of aliphatic hydroxyl groups is 1. The van der Waals surface area contributed by atoms with Crippen molar-refractivity contribution in [1.82, 2.24) is 5.32 Å². The van der Waals surface area contributed by atoms with Gasteiger partial charge in [0.25, 0.3) is 5.91 Å². The van der Waals surface area contributed by atoms with Crippen molar-refractivity contribution >= 4 is 5.91 Å². The molecule has 0 aliphatic heterocycles. The summed E-state index contributed by atoms with van der Waals surface area (Å²) < 4.78 is 39.1. The van der Waals surface area contributed by atoms with Gasteiger partial charge in [-0.05, 0) is 42.5 Å². The normalized spacial score (nSPS) is 20.0. The van der Waals surface area contributed by atoms with Gasteiger partial charge in [0, 0.05) is 0 Å². The number of nitrogens with one attached hydrogen (secondary N) is 1. The van der Waals surface area contributed by atoms with Crippen molar-refractivity contribution in [3.63, 3.8) is 0 Å². The molecular weight excluding hydrogens is 331 g/mol. The van der Waals surface area contributed by atoms with E-state index in [2.05, 4.69) is 5.32 Å². The molecule has 1 amide bonds. The Hall–Kier alpha value is -2.34. The molecule has 0 heterocycles. The molecule has 1 atom stereocenters. The fraction of sp³-hybridized carbons (Fsp3) is 0.316. The van der Waals surface area contributed by atoms with Crippen molar-refractivity contribution in [3.8, 4) is 0 Å². The van der Waals surface area contributed by atoms with Crippen LogP contribution in [0, 0.1) is 0 Å². The standard InChI is InChI=1S/C19H18F3NO2/c20-19(21,22)16-10-4-2-8-14(16)17(24)23-12-18(25)11-5-7-13-6-1-3-9-15(13)18/h1-4,6,8-10,25H,5,7,11-12H2,(H,23,24). The third-order valence-corrected chi connectivity index (χ3v) is 4.57. The highest BCUT2D eigenvalue weighted by Crippen LogP contribution is 2.35. The maximum atomic E-state index is 13.0. The van der Waals surface area contributed by atoms with Crippen LogP contribution in [0.25, 0.3) is 0 Å². The van der Waals surface area contributed by atoms with Gasteiger partial charge in [0.2, 0.25) is 0 Å². The van der Waals surface area contributed by atoms with E-state index >= 15 is 0 Å². The van der Waals surface area contributed by atoms with Crippen molar-refractivity contribution in [1.29, 1.82) is 0 Å². The van der Waals surface area contributed by atoms with Gasteiger partial charge in [-0.3, -0.25) is 4.79 Å². The van der Waals surface area contributed by atoms with Crippen molar-refractivity contribution in [2.45, 2.75) is 31.0 Å². The molecule has 3 rings (SSSR count). The molecule has 0 bridgehead atoms. The van der Waals surface area contributed by atoms with E-state index in [4.69, 9.17) is 0 Å². The van der Waals surface area contributed by atoms with Crippen LogP contribution in [0.1, 0.15) is 39.9 Å². The number of amides is 1. The predicted octanol–water partition coefficient (Wildman–Crippen LogP) is 3.66. The molecule has 1 aliphatic carbocycles. The van der Waals surface area contributed by atoms with Gasteiger partial charge in [-0.2, -0.15) is 13.2 Å². The molecule has 2 aromatic carbocycles. The fourth-order valence-electron chi connectivity index (χ4n) is 3.33. The summed E-state index contributed by atoms with van der Waals surface area (Å²) in [6.45, 7) is -0.130. The minimum atomic E-state index is -4.61. The number of hydrogen-bond donors (Lipinski definition) is 2. The van der Waals surface area contributed by atoms with E-state index in [1.807, 2.05) is 12.1 Å². The molecule has 132 valence electrons. The molecule has 3 nitrogen and oxygen atoms in total. The number of halogens is 3. The van der Waals surface area contributed by atoms with Crippen molar-refractivity contribution < 1.29 is 23.1 Å². The quantitative estimate of drug-likeness (QED) is 0.888. The van der Waals surface area contributed by atoms with Gasteiger partial charge < -0.3 is 10.4 Å². The van der Waals surface area contributed by atoms with Crippen molar-refractivity contribution in [3.05, 3.63) is 70.8 Å². The molecule has 1 aliphatic rings. The topological polar surface area (TPSA) is 49.3 Å².